The van der Waals surface area contributed by atoms with E-state index >= 15 is 0 Å². The average molecular weight is 408 g/mol. The number of nitrogens with zero attached hydrogens (tertiary/aromatic N) is 2. The van der Waals surface area contributed by atoms with Gasteiger partial charge in [-0.1, -0.05) is 12.1 Å². The average Bonchev–Trinajstić information content (AvgIpc) is 2.69. The number of benzene rings is 1. The summed E-state index contributed by atoms with van der Waals surface area (Å²) in [6.07, 6.45) is 3.29. The maximum absolute atomic E-state index is 9.10. The van der Waals surface area contributed by atoms with Crippen LogP contribution in [0.25, 0.3) is 0 Å². The first-order chi connectivity index (χ1) is 13.8. The molecule has 0 aromatic heterocycles. The van der Waals surface area contributed by atoms with E-state index < -0.39 is 11.9 Å². The summed E-state index contributed by atoms with van der Waals surface area (Å²) in [4.78, 5) is 23.4. The number of likely N-dealkylation sites (tertiary alicyclic amines) is 1. The normalized spacial score (nSPS) is 23.7. The highest BCUT2D eigenvalue weighted by molar-refractivity contribution is 6.27. The van der Waals surface area contributed by atoms with Gasteiger partial charge in [-0.2, -0.15) is 0 Å². The Morgan fingerprint density at radius 1 is 1.03 bits per heavy atom. The fourth-order valence-electron chi connectivity index (χ4n) is 3.95. The highest BCUT2D eigenvalue weighted by Gasteiger charge is 2.30. The molecule has 0 bridgehead atoms. The number of piperidine rings is 1. The van der Waals surface area contributed by atoms with Gasteiger partial charge in [0.1, 0.15) is 5.75 Å². The molecule has 2 unspecified atom stereocenters. The molecule has 3 rings (SSSR count). The van der Waals surface area contributed by atoms with Gasteiger partial charge in [0, 0.05) is 25.7 Å². The predicted molar refractivity (Wildman–Crippen MR) is 108 cm³/mol. The minimum atomic E-state index is -1.82. The van der Waals surface area contributed by atoms with E-state index in [2.05, 4.69) is 47.9 Å². The third kappa shape index (κ3) is 7.64. The second-order valence-corrected chi connectivity index (χ2v) is 7.68. The Morgan fingerprint density at radius 3 is 2.00 bits per heavy atom. The summed E-state index contributed by atoms with van der Waals surface area (Å²) < 4.78 is 11.1. The number of morpholine rings is 1. The lowest BCUT2D eigenvalue weighted by Crippen LogP contribution is -2.53. The Morgan fingerprint density at radius 2 is 1.55 bits per heavy atom. The quantitative estimate of drug-likeness (QED) is 0.729. The molecule has 8 nitrogen and oxygen atoms in total. The summed E-state index contributed by atoms with van der Waals surface area (Å²) in [6, 6.07) is 9.19. The number of carboxylic acids is 2. The zero-order valence-electron chi connectivity index (χ0n) is 17.4. The van der Waals surface area contributed by atoms with E-state index in [-0.39, 0.29) is 0 Å². The van der Waals surface area contributed by atoms with E-state index in [1.807, 2.05) is 0 Å². The predicted octanol–water partition coefficient (Wildman–Crippen LogP) is 1.92. The molecular formula is C21H32N2O6. The Bertz CT molecular complexity index is 636. The van der Waals surface area contributed by atoms with Crippen LogP contribution < -0.4 is 4.74 Å². The molecule has 2 aliphatic rings. The van der Waals surface area contributed by atoms with Crippen molar-refractivity contribution in [2.75, 3.05) is 33.3 Å². The third-order valence-corrected chi connectivity index (χ3v) is 5.27. The van der Waals surface area contributed by atoms with Gasteiger partial charge in [0.05, 0.1) is 19.3 Å². The van der Waals surface area contributed by atoms with Crippen molar-refractivity contribution in [3.8, 4) is 5.75 Å². The fourth-order valence-corrected chi connectivity index (χ4v) is 3.95. The van der Waals surface area contributed by atoms with Gasteiger partial charge in [-0.05, 0) is 57.5 Å². The monoisotopic (exact) mass is 408 g/mol. The van der Waals surface area contributed by atoms with Gasteiger partial charge >= 0.3 is 11.9 Å². The molecule has 0 saturated carbocycles. The number of hydrogen-bond donors (Lipinski definition) is 2. The number of methoxy groups -OCH3 is 1. The molecule has 2 saturated heterocycles. The molecule has 2 fully saturated rings. The van der Waals surface area contributed by atoms with Gasteiger partial charge in [0.25, 0.3) is 0 Å². The number of ether oxygens (including phenoxy) is 2. The molecule has 0 radical (unpaired) electrons. The zero-order valence-corrected chi connectivity index (χ0v) is 17.4. The van der Waals surface area contributed by atoms with Crippen LogP contribution in [0.2, 0.25) is 0 Å². The molecule has 2 atom stereocenters. The highest BCUT2D eigenvalue weighted by Crippen LogP contribution is 2.22. The highest BCUT2D eigenvalue weighted by atomic mass is 16.5. The SMILES string of the molecule is COc1ccc(CN2CCC(N3CC(C)OC(C)C3)CC2)cc1.O=C(O)C(=O)O. The molecule has 162 valence electrons. The van der Waals surface area contributed by atoms with Gasteiger partial charge in [0.2, 0.25) is 0 Å². The van der Waals surface area contributed by atoms with Crippen LogP contribution in [-0.4, -0.2) is 83.5 Å². The van der Waals surface area contributed by atoms with E-state index in [4.69, 9.17) is 29.3 Å². The lowest BCUT2D eigenvalue weighted by molar-refractivity contribution is -0.159. The van der Waals surface area contributed by atoms with Crippen molar-refractivity contribution in [3.05, 3.63) is 29.8 Å². The molecule has 0 aliphatic carbocycles. The Balaban J connectivity index is 0.000000438. The largest absolute Gasteiger partial charge is 0.497 e. The van der Waals surface area contributed by atoms with E-state index in [9.17, 15) is 0 Å². The van der Waals surface area contributed by atoms with Crippen molar-refractivity contribution in [3.63, 3.8) is 0 Å². The summed E-state index contributed by atoms with van der Waals surface area (Å²) in [6.45, 7) is 10.0. The van der Waals surface area contributed by atoms with Crippen molar-refractivity contribution in [2.45, 2.75) is 51.5 Å². The van der Waals surface area contributed by atoms with Crippen LogP contribution in [-0.2, 0) is 20.9 Å². The third-order valence-electron chi connectivity index (χ3n) is 5.27. The number of hydrogen-bond acceptors (Lipinski definition) is 6. The van der Waals surface area contributed by atoms with Gasteiger partial charge in [0.15, 0.2) is 0 Å². The van der Waals surface area contributed by atoms with Crippen molar-refractivity contribution in [1.29, 1.82) is 0 Å². The Labute approximate surface area is 172 Å². The van der Waals surface area contributed by atoms with Gasteiger partial charge in [-0.3, -0.25) is 9.80 Å². The van der Waals surface area contributed by atoms with Crippen LogP contribution in [0.5, 0.6) is 5.75 Å². The van der Waals surface area contributed by atoms with Crippen LogP contribution in [0.3, 0.4) is 0 Å². The van der Waals surface area contributed by atoms with Gasteiger partial charge in [-0.25, -0.2) is 9.59 Å². The van der Waals surface area contributed by atoms with E-state index in [0.29, 0.717) is 12.2 Å². The first-order valence-electron chi connectivity index (χ1n) is 9.99. The summed E-state index contributed by atoms with van der Waals surface area (Å²) >= 11 is 0. The molecule has 8 heteroatoms. The van der Waals surface area contributed by atoms with Crippen LogP contribution in [0.1, 0.15) is 32.3 Å². The van der Waals surface area contributed by atoms with Crippen molar-refractivity contribution < 1.29 is 29.3 Å². The number of rotatable bonds is 4. The van der Waals surface area contributed by atoms with Gasteiger partial charge in [-0.15, -0.1) is 0 Å². The maximum Gasteiger partial charge on any atom is 0.414 e. The molecule has 1 aromatic rings. The molecule has 2 aliphatic heterocycles. The summed E-state index contributed by atoms with van der Waals surface area (Å²) in [5, 5.41) is 14.8. The Hall–Kier alpha value is -2.16. The molecule has 29 heavy (non-hydrogen) atoms. The summed E-state index contributed by atoms with van der Waals surface area (Å²) in [5.74, 6) is -2.71. The fraction of sp³-hybridized carbons (Fsp3) is 0.619. The van der Waals surface area contributed by atoms with Gasteiger partial charge < -0.3 is 19.7 Å². The Kier molecular flexibility index (Phi) is 8.88. The van der Waals surface area contributed by atoms with Crippen LogP contribution in [0.15, 0.2) is 24.3 Å². The first kappa shape index (κ1) is 23.1. The van der Waals surface area contributed by atoms with E-state index in [1.54, 1.807) is 7.11 Å². The summed E-state index contributed by atoms with van der Waals surface area (Å²) in [5.41, 5.74) is 1.37. The van der Waals surface area contributed by atoms with Crippen molar-refractivity contribution >= 4 is 11.9 Å². The molecule has 1 aromatic carbocycles. The van der Waals surface area contributed by atoms with E-state index in [0.717, 1.165) is 31.4 Å². The maximum atomic E-state index is 9.10. The van der Waals surface area contributed by atoms with Crippen LogP contribution >= 0.6 is 0 Å². The second-order valence-electron chi connectivity index (χ2n) is 7.68. The minimum Gasteiger partial charge on any atom is -0.497 e. The molecule has 0 amide bonds. The second kappa shape index (κ2) is 11.1. The number of aliphatic carboxylic acids is 2. The lowest BCUT2D eigenvalue weighted by Gasteiger charge is -2.43. The standard InChI is InChI=1S/C19H30N2O2.C2H2O4/c1-15-12-21(13-16(2)23-15)18-8-10-20(11-9-18)14-17-4-6-19(22-3)7-5-17;3-1(4)2(5)6/h4-7,15-16,18H,8-14H2,1-3H3;(H,3,4)(H,5,6). The van der Waals surface area contributed by atoms with E-state index in [1.165, 1.54) is 31.5 Å². The van der Waals surface area contributed by atoms with Crippen LogP contribution in [0, 0.1) is 0 Å². The minimum absolute atomic E-state index is 0.371. The lowest BCUT2D eigenvalue weighted by atomic mass is 10.0. The molecule has 2 N–H and O–H groups in total. The number of carboxylic acid groups (broad SMARTS) is 2. The molecular weight excluding hydrogens is 376 g/mol. The first-order valence-corrected chi connectivity index (χ1v) is 9.99. The number of carbonyl (C=O) groups is 2. The topological polar surface area (TPSA) is 99.5 Å². The summed E-state index contributed by atoms with van der Waals surface area (Å²) in [7, 11) is 1.72. The zero-order chi connectivity index (χ0) is 21.4. The molecule has 0 spiro atoms. The van der Waals surface area contributed by atoms with Crippen molar-refractivity contribution in [1.82, 2.24) is 9.80 Å². The van der Waals surface area contributed by atoms with Crippen LogP contribution in [0.4, 0.5) is 0 Å². The van der Waals surface area contributed by atoms with Crippen molar-refractivity contribution in [2.24, 2.45) is 0 Å². The molecule has 2 heterocycles. The smallest absolute Gasteiger partial charge is 0.414 e.